The summed E-state index contributed by atoms with van der Waals surface area (Å²) >= 11 is 0. The molecule has 0 bridgehead atoms. The summed E-state index contributed by atoms with van der Waals surface area (Å²) in [7, 11) is 0. The summed E-state index contributed by atoms with van der Waals surface area (Å²) in [5.74, 6) is 0. The van der Waals surface area contributed by atoms with Crippen molar-refractivity contribution in [3.05, 3.63) is 48.6 Å². The molecule has 0 saturated heterocycles. The van der Waals surface area contributed by atoms with Crippen molar-refractivity contribution in [2.24, 2.45) is 0 Å². The van der Waals surface area contributed by atoms with Crippen molar-refractivity contribution >= 4 is 0 Å². The van der Waals surface area contributed by atoms with Gasteiger partial charge in [0.25, 0.3) is 0 Å². The van der Waals surface area contributed by atoms with Crippen LogP contribution in [0, 0.1) is 0 Å². The van der Waals surface area contributed by atoms with Crippen LogP contribution < -0.4 is 0 Å². The van der Waals surface area contributed by atoms with Crippen molar-refractivity contribution in [3.8, 4) is 0 Å². The molecule has 0 aliphatic heterocycles. The fraction of sp³-hybridized carbons (Fsp3) is 0.333. The van der Waals surface area contributed by atoms with E-state index in [2.05, 4.69) is 48.6 Å². The van der Waals surface area contributed by atoms with E-state index in [1.807, 2.05) is 0 Å². The Morgan fingerprint density at radius 1 is 0.583 bits per heavy atom. The van der Waals surface area contributed by atoms with E-state index in [4.69, 9.17) is 0 Å². The molecule has 0 radical (unpaired) electrons. The van der Waals surface area contributed by atoms with Crippen LogP contribution in [0.25, 0.3) is 0 Å². The molecule has 0 saturated carbocycles. The summed E-state index contributed by atoms with van der Waals surface area (Å²) in [4.78, 5) is 0. The fourth-order valence-corrected chi connectivity index (χ4v) is 1.11. The highest BCUT2D eigenvalue weighted by molar-refractivity contribution is 5.12. The molecular weight excluding hydrogens is 144 g/mol. The van der Waals surface area contributed by atoms with E-state index in [9.17, 15) is 0 Å². The smallest absolute Gasteiger partial charge is 0.0166 e. The molecular formula is C12H16. The third-order valence-corrected chi connectivity index (χ3v) is 1.79. The Balaban J connectivity index is 2.42. The van der Waals surface area contributed by atoms with Gasteiger partial charge in [0.1, 0.15) is 0 Å². The highest BCUT2D eigenvalue weighted by Crippen LogP contribution is 2.00. The first-order valence-corrected chi connectivity index (χ1v) is 4.63. The molecule has 0 heteroatoms. The van der Waals surface area contributed by atoms with E-state index < -0.39 is 0 Å². The van der Waals surface area contributed by atoms with Gasteiger partial charge in [0, 0.05) is 0 Å². The quantitative estimate of drug-likeness (QED) is 0.473. The van der Waals surface area contributed by atoms with Crippen molar-refractivity contribution in [1.29, 1.82) is 0 Å². The molecule has 0 nitrogen and oxygen atoms in total. The van der Waals surface area contributed by atoms with Crippen LogP contribution >= 0.6 is 0 Å². The Bertz CT molecular complexity index is 204. The van der Waals surface area contributed by atoms with Crippen LogP contribution in [0.2, 0.25) is 0 Å². The van der Waals surface area contributed by atoms with Gasteiger partial charge in [-0.15, -0.1) is 0 Å². The lowest BCUT2D eigenvalue weighted by atomic mass is 10.2. The fourth-order valence-electron chi connectivity index (χ4n) is 1.11. The molecule has 64 valence electrons. The Kier molecular flexibility index (Phi) is 5.02. The van der Waals surface area contributed by atoms with Gasteiger partial charge in [0.15, 0.2) is 0 Å². The van der Waals surface area contributed by atoms with Crippen LogP contribution in [0.1, 0.15) is 25.7 Å². The number of hydrogen-bond donors (Lipinski definition) is 0. The van der Waals surface area contributed by atoms with Gasteiger partial charge < -0.3 is 0 Å². The molecule has 0 aromatic heterocycles. The molecule has 0 fully saturated rings. The Morgan fingerprint density at radius 2 is 1.33 bits per heavy atom. The van der Waals surface area contributed by atoms with Gasteiger partial charge in [-0.2, -0.15) is 0 Å². The lowest BCUT2D eigenvalue weighted by Crippen LogP contribution is -1.69. The average molecular weight is 160 g/mol. The van der Waals surface area contributed by atoms with Crippen molar-refractivity contribution in [3.63, 3.8) is 0 Å². The molecule has 1 aliphatic carbocycles. The van der Waals surface area contributed by atoms with Crippen molar-refractivity contribution < 1.29 is 0 Å². The Morgan fingerprint density at radius 3 is 2.25 bits per heavy atom. The average Bonchev–Trinajstić information content (AvgIpc) is 2.05. The number of allylic oxidation sites excluding steroid dienone is 8. The van der Waals surface area contributed by atoms with E-state index in [0.29, 0.717) is 0 Å². The topological polar surface area (TPSA) is 0 Å². The second kappa shape index (κ2) is 6.66. The predicted octanol–water partition coefficient (Wildman–Crippen LogP) is 3.79. The molecule has 0 spiro atoms. The zero-order valence-corrected chi connectivity index (χ0v) is 7.45. The highest BCUT2D eigenvalue weighted by Gasteiger charge is 1.80. The van der Waals surface area contributed by atoms with Gasteiger partial charge in [-0.1, -0.05) is 48.6 Å². The zero-order valence-electron chi connectivity index (χ0n) is 7.45. The minimum absolute atomic E-state index is 1.06. The number of hydrogen-bond acceptors (Lipinski definition) is 0. The lowest BCUT2D eigenvalue weighted by Gasteiger charge is -1.90. The first kappa shape index (κ1) is 9.05. The SMILES string of the molecule is C1=CC/C=C\CCC/C=C\C=C\1. The highest BCUT2D eigenvalue weighted by atomic mass is 13.9. The summed E-state index contributed by atoms with van der Waals surface area (Å²) in [6.07, 6.45) is 22.0. The summed E-state index contributed by atoms with van der Waals surface area (Å²) in [5, 5.41) is 0. The maximum Gasteiger partial charge on any atom is -0.0166 e. The molecule has 1 rings (SSSR count). The predicted molar refractivity (Wildman–Crippen MR) is 55.0 cm³/mol. The second-order valence-corrected chi connectivity index (χ2v) is 2.88. The third-order valence-electron chi connectivity index (χ3n) is 1.79. The minimum Gasteiger partial charge on any atom is -0.0882 e. The van der Waals surface area contributed by atoms with Crippen molar-refractivity contribution in [1.82, 2.24) is 0 Å². The lowest BCUT2D eigenvalue weighted by molar-refractivity contribution is 0.866. The van der Waals surface area contributed by atoms with Gasteiger partial charge in [-0.05, 0) is 25.7 Å². The first-order chi connectivity index (χ1) is 6.00. The first-order valence-electron chi connectivity index (χ1n) is 4.63. The number of rotatable bonds is 0. The van der Waals surface area contributed by atoms with Crippen LogP contribution in [0.3, 0.4) is 0 Å². The Hall–Kier alpha value is -1.04. The summed E-state index contributed by atoms with van der Waals surface area (Å²) in [6.45, 7) is 0. The molecule has 0 heterocycles. The summed E-state index contributed by atoms with van der Waals surface area (Å²) in [5.41, 5.74) is 0. The van der Waals surface area contributed by atoms with Crippen LogP contribution in [-0.4, -0.2) is 0 Å². The van der Waals surface area contributed by atoms with Crippen LogP contribution in [0.4, 0.5) is 0 Å². The molecule has 0 unspecified atom stereocenters. The maximum atomic E-state index is 2.27. The van der Waals surface area contributed by atoms with Gasteiger partial charge >= 0.3 is 0 Å². The van der Waals surface area contributed by atoms with E-state index in [-0.39, 0.29) is 0 Å². The zero-order chi connectivity index (χ0) is 8.49. The van der Waals surface area contributed by atoms with Gasteiger partial charge in [-0.25, -0.2) is 0 Å². The normalized spacial score (nSPS) is 26.7. The summed E-state index contributed by atoms with van der Waals surface area (Å²) < 4.78 is 0. The molecule has 1 aliphatic rings. The van der Waals surface area contributed by atoms with Crippen LogP contribution in [-0.2, 0) is 0 Å². The largest absolute Gasteiger partial charge is 0.0882 e. The Labute approximate surface area is 75.0 Å². The van der Waals surface area contributed by atoms with Gasteiger partial charge in [-0.3, -0.25) is 0 Å². The molecule has 0 atom stereocenters. The van der Waals surface area contributed by atoms with E-state index in [1.54, 1.807) is 0 Å². The van der Waals surface area contributed by atoms with Gasteiger partial charge in [0.05, 0.1) is 0 Å². The van der Waals surface area contributed by atoms with E-state index >= 15 is 0 Å². The molecule has 12 heavy (non-hydrogen) atoms. The maximum absolute atomic E-state index is 2.27. The monoisotopic (exact) mass is 160 g/mol. The van der Waals surface area contributed by atoms with E-state index in [0.717, 1.165) is 6.42 Å². The molecule has 0 N–H and O–H groups in total. The van der Waals surface area contributed by atoms with Crippen molar-refractivity contribution in [2.45, 2.75) is 25.7 Å². The molecule has 0 aromatic rings. The standard InChI is InChI=1S/C12H16/c1-2-4-6-8-10-12-11-9-7-5-3-1/h1-6,9,11H,7-8,10,12H2/b2-1+,5-3?,6-4-,11-9-. The molecule has 0 amide bonds. The minimum atomic E-state index is 1.06. The summed E-state index contributed by atoms with van der Waals surface area (Å²) in [6, 6.07) is 0. The molecule has 0 aromatic carbocycles. The third kappa shape index (κ3) is 4.73. The van der Waals surface area contributed by atoms with Crippen molar-refractivity contribution in [2.75, 3.05) is 0 Å². The van der Waals surface area contributed by atoms with Gasteiger partial charge in [0.2, 0.25) is 0 Å². The van der Waals surface area contributed by atoms with E-state index in [1.165, 1.54) is 19.3 Å². The van der Waals surface area contributed by atoms with Crippen LogP contribution in [0.5, 0.6) is 0 Å². The second-order valence-electron chi connectivity index (χ2n) is 2.88. The van der Waals surface area contributed by atoms with Crippen LogP contribution in [0.15, 0.2) is 48.6 Å².